The van der Waals surface area contributed by atoms with E-state index in [1.807, 2.05) is 69.2 Å². The summed E-state index contributed by atoms with van der Waals surface area (Å²) in [4.78, 5) is 74.7. The van der Waals surface area contributed by atoms with E-state index in [-0.39, 0.29) is 74.9 Å². The number of hydrogen-bond acceptors (Lipinski definition) is 14. The molecule has 7 N–H and O–H groups in total. The van der Waals surface area contributed by atoms with E-state index >= 15 is 0 Å². The van der Waals surface area contributed by atoms with E-state index in [9.17, 15) is 39.3 Å². The van der Waals surface area contributed by atoms with Crippen LogP contribution < -0.4 is 21.3 Å². The van der Waals surface area contributed by atoms with Crippen LogP contribution in [0.15, 0.2) is 78.9 Å². The number of amides is 5. The molecule has 3 fully saturated rings. The molecule has 0 bridgehead atoms. The van der Waals surface area contributed by atoms with Crippen LogP contribution in [0.25, 0.3) is 0 Å². The Balaban J connectivity index is 1.29. The predicted molar refractivity (Wildman–Crippen MR) is 312 cm³/mol. The van der Waals surface area contributed by atoms with Gasteiger partial charge in [-0.25, -0.2) is 0 Å². The minimum absolute atomic E-state index is 0.0748. The largest absolute Gasteiger partial charge is 0.387 e. The van der Waals surface area contributed by atoms with Crippen LogP contribution in [0.2, 0.25) is 5.02 Å². The van der Waals surface area contributed by atoms with Crippen molar-refractivity contribution in [2.24, 2.45) is 23.7 Å². The highest BCUT2D eigenvalue weighted by atomic mass is 35.5. The number of aliphatic hydroxyl groups is 3. The first-order valence-electron chi connectivity index (χ1n) is 28.8. The van der Waals surface area contributed by atoms with Crippen molar-refractivity contribution < 1.29 is 63.0 Å². The number of aliphatic hydroxyl groups excluding tert-OH is 2. The summed E-state index contributed by atoms with van der Waals surface area (Å²) in [5, 5.41) is 48.2. The van der Waals surface area contributed by atoms with Crippen LogP contribution in [-0.4, -0.2) is 174 Å². The number of anilines is 1. The number of nitrogens with zero attached hydrogens (tertiary/aromatic N) is 2. The maximum atomic E-state index is 14.9. The average molecular weight is 1160 g/mol. The number of methoxy groups -OCH3 is 1. The van der Waals surface area contributed by atoms with Crippen LogP contribution in [0.1, 0.15) is 105 Å². The third-order valence-electron chi connectivity index (χ3n) is 16.6. The molecular formula is C62H91ClN6O13. The molecule has 0 saturated carbocycles. The molecule has 3 aliphatic heterocycles. The number of rotatable bonds is 16. The molecule has 20 heteroatoms. The van der Waals surface area contributed by atoms with Gasteiger partial charge in [-0.3, -0.25) is 24.0 Å². The summed E-state index contributed by atoms with van der Waals surface area (Å²) >= 11 is 6.51. The number of ether oxygens (including phenoxy) is 5. The molecule has 19 nitrogen and oxygen atoms in total. The Morgan fingerprint density at radius 2 is 1.54 bits per heavy atom. The van der Waals surface area contributed by atoms with E-state index < -0.39 is 108 Å². The number of nitrogens with one attached hydrogen (secondary N) is 4. The van der Waals surface area contributed by atoms with Crippen LogP contribution in [0.5, 0.6) is 0 Å². The Morgan fingerprint density at radius 3 is 2.17 bits per heavy atom. The lowest BCUT2D eigenvalue weighted by Gasteiger charge is -2.49. The van der Waals surface area contributed by atoms with Gasteiger partial charge in [0.15, 0.2) is 12.6 Å². The van der Waals surface area contributed by atoms with Crippen molar-refractivity contribution in [2.45, 2.75) is 192 Å². The Morgan fingerprint density at radius 1 is 0.878 bits per heavy atom. The Bertz CT molecular complexity index is 2590. The van der Waals surface area contributed by atoms with Gasteiger partial charge in [0.1, 0.15) is 24.3 Å². The molecule has 5 amide bonds. The van der Waals surface area contributed by atoms with Gasteiger partial charge in [-0.1, -0.05) is 107 Å². The third-order valence-corrected chi connectivity index (χ3v) is 17.0. The van der Waals surface area contributed by atoms with Crippen molar-refractivity contribution in [2.75, 3.05) is 40.1 Å². The molecule has 3 heterocycles. The monoisotopic (exact) mass is 1160 g/mol. The fourth-order valence-corrected chi connectivity index (χ4v) is 12.1. The molecule has 0 spiro atoms. The number of carbonyl (C=O) groups is 5. The molecule has 3 aliphatic rings. The van der Waals surface area contributed by atoms with Crippen molar-refractivity contribution in [1.82, 2.24) is 25.8 Å². The first kappa shape index (κ1) is 66.1. The molecule has 0 unspecified atom stereocenters. The lowest BCUT2D eigenvalue weighted by molar-refractivity contribution is -0.317. The van der Waals surface area contributed by atoms with Crippen LogP contribution >= 0.6 is 11.6 Å². The highest BCUT2D eigenvalue weighted by Gasteiger charge is 2.51. The molecule has 6 rings (SSSR count). The number of likely N-dealkylation sites (N-methyl/N-ethyl adjacent to an activating group) is 1. The standard InChI is InChI=1S/C62H91ClN6O13/c1-35(2)52-59(76)65-45(28-42-23-25-44(26-24-42)64-58(75)47(30-43-21-17-18-22-46(43)63)66-49(70)29-41-19-15-14-16-20-41)31-50(71)69(12)34-36(3)32-61(8,77)56(82-60-53(72)48(68(10)11)27-37(4)79-60)38(5)54(39(6)57(74)67-52)81-51-33-62(9,78-13)55(73)40(7)80-51/h14-26,35-40,45,47-48,51-56,60,72-73,77H,27-34H2,1-13H3,(H,64,75)(H,65,76)(H,66,70)(H,67,74)/t36-,37-,38+,39-,40+,45+,47+,48+,51+,52-,53-,54+,55+,56-,60+,61-,62-/m1/s1. The zero-order chi connectivity index (χ0) is 60.4. The fraction of sp³-hybridized carbons (Fsp3) is 0.629. The van der Waals surface area contributed by atoms with E-state index in [4.69, 9.17) is 35.3 Å². The maximum absolute atomic E-state index is 14.9. The SMILES string of the molecule is CO[C@]1(C)C[C@H](O[C@H]2[C@H](C)[C@@H](O[C@@H]3O[C@H](C)C[C@H](N(C)C)[C@H]3O)[C@](C)(O)C[C@@H](C)CN(C)C(=O)C[C@H](Cc3ccc(NC(=O)[C@H](Cc4ccccc4Cl)NC(=O)Cc4ccccc4)cc3)NC(=O)[C@@H](C(C)C)NC(=O)[C@@H]2C)O[C@@H](C)[C@@H]1O. The van der Waals surface area contributed by atoms with Gasteiger partial charge in [-0.05, 0) is 108 Å². The summed E-state index contributed by atoms with van der Waals surface area (Å²) in [5.41, 5.74) is -0.145. The van der Waals surface area contributed by atoms with Gasteiger partial charge in [-0.15, -0.1) is 0 Å². The Hall–Kier alpha value is -5.06. The summed E-state index contributed by atoms with van der Waals surface area (Å²) < 4.78 is 32.1. The van der Waals surface area contributed by atoms with Gasteiger partial charge < -0.3 is 70.1 Å². The lowest BCUT2D eigenvalue weighted by atomic mass is 9.77. The number of halogens is 1. The quantitative estimate of drug-likeness (QED) is 0.0947. The number of carbonyl (C=O) groups excluding carboxylic acids is 5. The first-order valence-corrected chi connectivity index (χ1v) is 29.2. The lowest BCUT2D eigenvalue weighted by Crippen LogP contribution is -2.61. The summed E-state index contributed by atoms with van der Waals surface area (Å²) in [6.07, 6.45) is -6.70. The highest BCUT2D eigenvalue weighted by Crippen LogP contribution is 2.39. The second-order valence-corrected chi connectivity index (χ2v) is 24.8. The van der Waals surface area contributed by atoms with Gasteiger partial charge in [0.05, 0.1) is 48.0 Å². The Kier molecular flexibility index (Phi) is 23.5. The van der Waals surface area contributed by atoms with E-state index in [0.29, 0.717) is 22.7 Å². The molecule has 0 radical (unpaired) electrons. The van der Waals surface area contributed by atoms with E-state index in [1.165, 1.54) is 7.11 Å². The molecule has 454 valence electrons. The molecule has 3 aromatic rings. The highest BCUT2D eigenvalue weighted by molar-refractivity contribution is 6.31. The van der Waals surface area contributed by atoms with Gasteiger partial charge >= 0.3 is 0 Å². The minimum Gasteiger partial charge on any atom is -0.387 e. The molecule has 0 aromatic heterocycles. The molecule has 3 aromatic carbocycles. The summed E-state index contributed by atoms with van der Waals surface area (Å²) in [6.45, 7) is 16.2. The van der Waals surface area contributed by atoms with Gasteiger partial charge in [0.25, 0.3) is 0 Å². The minimum atomic E-state index is -1.71. The molecule has 3 saturated heterocycles. The average Bonchev–Trinajstić information content (AvgIpc) is 3.62. The van der Waals surface area contributed by atoms with Crippen molar-refractivity contribution >= 4 is 46.8 Å². The van der Waals surface area contributed by atoms with Crippen LogP contribution in [0, 0.1) is 23.7 Å². The summed E-state index contributed by atoms with van der Waals surface area (Å²) in [5.74, 6) is -4.82. The molecule has 0 aliphatic carbocycles. The van der Waals surface area contributed by atoms with Gasteiger partial charge in [-0.2, -0.15) is 0 Å². The van der Waals surface area contributed by atoms with Crippen LogP contribution in [0.3, 0.4) is 0 Å². The van der Waals surface area contributed by atoms with E-state index in [0.717, 1.165) is 11.1 Å². The summed E-state index contributed by atoms with van der Waals surface area (Å²) in [7, 11) is 6.90. The smallest absolute Gasteiger partial charge is 0.247 e. The van der Waals surface area contributed by atoms with Crippen molar-refractivity contribution in [3.63, 3.8) is 0 Å². The van der Waals surface area contributed by atoms with Gasteiger partial charge in [0.2, 0.25) is 29.5 Å². The van der Waals surface area contributed by atoms with E-state index in [1.54, 1.807) is 103 Å². The third kappa shape index (κ3) is 17.5. The number of hydrogen-bond donors (Lipinski definition) is 7. The predicted octanol–water partition coefficient (Wildman–Crippen LogP) is 5.43. The second-order valence-electron chi connectivity index (χ2n) is 24.4. The van der Waals surface area contributed by atoms with Gasteiger partial charge in [0, 0.05) is 68.7 Å². The maximum Gasteiger partial charge on any atom is 0.247 e. The van der Waals surface area contributed by atoms with Crippen LogP contribution in [-0.2, 0) is 66.9 Å². The normalized spacial score (nSPS) is 33.3. The van der Waals surface area contributed by atoms with Crippen LogP contribution in [0.4, 0.5) is 5.69 Å². The zero-order valence-corrected chi connectivity index (χ0v) is 50.9. The molecular weight excluding hydrogens is 1070 g/mol. The second kappa shape index (κ2) is 29.2. The van der Waals surface area contributed by atoms with E-state index in [2.05, 4.69) is 21.3 Å². The number of benzene rings is 3. The molecule has 17 atom stereocenters. The van der Waals surface area contributed by atoms with Crippen molar-refractivity contribution in [3.05, 3.63) is 101 Å². The first-order chi connectivity index (χ1) is 38.6. The van der Waals surface area contributed by atoms with Crippen molar-refractivity contribution in [3.8, 4) is 0 Å². The fourth-order valence-electron chi connectivity index (χ4n) is 11.9. The zero-order valence-electron chi connectivity index (χ0n) is 50.1. The van der Waals surface area contributed by atoms with Crippen molar-refractivity contribution in [1.29, 1.82) is 0 Å². The topological polar surface area (TPSA) is 247 Å². The molecule has 82 heavy (non-hydrogen) atoms. The summed E-state index contributed by atoms with van der Waals surface area (Å²) in [6, 6.07) is 20.2. The Labute approximate surface area is 489 Å².